The zero-order chi connectivity index (χ0) is 16.0. The summed E-state index contributed by atoms with van der Waals surface area (Å²) in [4.78, 5) is 13.6. The van der Waals surface area contributed by atoms with Gasteiger partial charge in [-0.2, -0.15) is 0 Å². The number of carbonyl (C=O) groups excluding carboxylic acids is 1. The minimum absolute atomic E-state index is 0.0285. The summed E-state index contributed by atoms with van der Waals surface area (Å²) in [7, 11) is -3.24. The molecule has 0 spiro atoms. The zero-order valence-electron chi connectivity index (χ0n) is 13.0. The fraction of sp³-hybridized carbons (Fsp3) is 0.929. The number of rotatable bonds is 1. The van der Waals surface area contributed by atoms with Gasteiger partial charge in [0.1, 0.15) is 21.6 Å². The molecule has 1 saturated heterocycles. The van der Waals surface area contributed by atoms with Gasteiger partial charge in [0.2, 0.25) is 0 Å². The maximum atomic E-state index is 14.4. The summed E-state index contributed by atoms with van der Waals surface area (Å²) in [5, 5.41) is -0.632. The van der Waals surface area contributed by atoms with E-state index in [4.69, 9.17) is 4.74 Å². The average molecular weight is 321 g/mol. The monoisotopic (exact) mass is 321 g/mol. The van der Waals surface area contributed by atoms with Gasteiger partial charge in [-0.25, -0.2) is 17.6 Å². The molecule has 0 radical (unpaired) electrons. The second-order valence-corrected chi connectivity index (χ2v) is 9.48. The summed E-state index contributed by atoms with van der Waals surface area (Å²) in [5.41, 5.74) is -0.620. The number of ether oxygens (including phenoxy) is 1. The highest BCUT2D eigenvalue weighted by atomic mass is 32.2. The summed E-state index contributed by atoms with van der Waals surface area (Å²) in [6.07, 6.45) is 0.387. The first-order chi connectivity index (χ1) is 9.49. The number of likely N-dealkylation sites (tertiary alicyclic amines) is 1. The van der Waals surface area contributed by atoms with E-state index < -0.39 is 39.0 Å². The first kappa shape index (κ1) is 16.5. The van der Waals surface area contributed by atoms with E-state index in [2.05, 4.69) is 0 Å². The van der Waals surface area contributed by atoms with Crippen molar-refractivity contribution >= 4 is 15.9 Å². The molecular formula is C14H24FNO4S. The van der Waals surface area contributed by atoms with Crippen LogP contribution in [0.25, 0.3) is 0 Å². The fourth-order valence-electron chi connectivity index (χ4n) is 3.33. The van der Waals surface area contributed by atoms with E-state index in [9.17, 15) is 17.6 Å². The van der Waals surface area contributed by atoms with Crippen molar-refractivity contribution in [1.29, 1.82) is 0 Å². The lowest BCUT2D eigenvalue weighted by Crippen LogP contribution is -2.50. The Balaban J connectivity index is 2.11. The lowest BCUT2D eigenvalue weighted by molar-refractivity contribution is 0.00653. The van der Waals surface area contributed by atoms with E-state index in [0.29, 0.717) is 19.4 Å². The highest BCUT2D eigenvalue weighted by Crippen LogP contribution is 2.40. The van der Waals surface area contributed by atoms with Crippen LogP contribution in [0.2, 0.25) is 0 Å². The molecule has 4 atom stereocenters. The molecule has 0 aromatic heterocycles. The summed E-state index contributed by atoms with van der Waals surface area (Å²) in [6.45, 7) is 5.74. The summed E-state index contributed by atoms with van der Waals surface area (Å²) in [6, 6.07) is -0.544. The Bertz CT molecular complexity index is 514. The SMILES string of the molecule is CC(C)(C)OC(=O)N1CCC2CC(S(C)(=O)=O)CC(F)C21. The molecule has 2 fully saturated rings. The predicted octanol–water partition coefficient (Wildman–Crippen LogP) is 2.16. The van der Waals surface area contributed by atoms with Gasteiger partial charge in [0.05, 0.1) is 11.3 Å². The van der Waals surface area contributed by atoms with E-state index in [1.165, 1.54) is 4.90 Å². The lowest BCUT2D eigenvalue weighted by Gasteiger charge is -2.37. The van der Waals surface area contributed by atoms with Crippen molar-refractivity contribution in [3.05, 3.63) is 0 Å². The molecule has 1 aliphatic carbocycles. The number of alkyl halides is 1. The molecule has 1 amide bonds. The first-order valence-electron chi connectivity index (χ1n) is 7.31. The largest absolute Gasteiger partial charge is 0.444 e. The van der Waals surface area contributed by atoms with Crippen LogP contribution in [0, 0.1) is 5.92 Å². The normalized spacial score (nSPS) is 33.7. The van der Waals surface area contributed by atoms with Crippen molar-refractivity contribution in [2.75, 3.05) is 12.8 Å². The standard InChI is InChI=1S/C14H24FNO4S/c1-14(2,3)20-13(17)16-6-5-9-7-10(21(4,18)19)8-11(15)12(9)16/h9-12H,5-8H2,1-4H3. The van der Waals surface area contributed by atoms with Gasteiger partial charge in [0, 0.05) is 12.8 Å². The first-order valence-corrected chi connectivity index (χ1v) is 9.27. The lowest BCUT2D eigenvalue weighted by atomic mass is 9.83. The molecule has 1 saturated carbocycles. The Morgan fingerprint density at radius 2 is 1.90 bits per heavy atom. The Kier molecular flexibility index (Phi) is 4.26. The molecule has 122 valence electrons. The molecule has 0 bridgehead atoms. The molecule has 0 aromatic carbocycles. The summed E-state index contributed by atoms with van der Waals surface area (Å²) in [5.74, 6) is -0.0963. The number of fused-ring (bicyclic) bond motifs is 1. The quantitative estimate of drug-likeness (QED) is 0.742. The minimum Gasteiger partial charge on any atom is -0.444 e. The van der Waals surface area contributed by atoms with Crippen LogP contribution in [0.5, 0.6) is 0 Å². The van der Waals surface area contributed by atoms with Crippen molar-refractivity contribution in [1.82, 2.24) is 4.90 Å². The second kappa shape index (κ2) is 5.41. The third-order valence-electron chi connectivity index (χ3n) is 4.24. The highest BCUT2D eigenvalue weighted by Gasteiger charge is 2.49. The van der Waals surface area contributed by atoms with Crippen molar-refractivity contribution in [2.45, 2.75) is 63.1 Å². The number of nitrogens with zero attached hydrogens (tertiary/aromatic N) is 1. The van der Waals surface area contributed by atoms with Crippen molar-refractivity contribution in [3.63, 3.8) is 0 Å². The average Bonchev–Trinajstić information content (AvgIpc) is 2.69. The Morgan fingerprint density at radius 1 is 1.29 bits per heavy atom. The van der Waals surface area contributed by atoms with Crippen molar-refractivity contribution in [3.8, 4) is 0 Å². The van der Waals surface area contributed by atoms with Gasteiger partial charge in [0.15, 0.2) is 0 Å². The van der Waals surface area contributed by atoms with E-state index in [1.54, 1.807) is 20.8 Å². The molecule has 5 nitrogen and oxygen atoms in total. The number of amides is 1. The van der Waals surface area contributed by atoms with Crippen LogP contribution in [-0.2, 0) is 14.6 Å². The molecule has 2 rings (SSSR count). The van der Waals surface area contributed by atoms with Crippen LogP contribution in [0.3, 0.4) is 0 Å². The van der Waals surface area contributed by atoms with E-state index >= 15 is 0 Å². The van der Waals surface area contributed by atoms with Gasteiger partial charge >= 0.3 is 6.09 Å². The minimum atomic E-state index is -3.24. The predicted molar refractivity (Wildman–Crippen MR) is 77.6 cm³/mol. The second-order valence-electron chi connectivity index (χ2n) is 7.15. The van der Waals surface area contributed by atoms with Crippen LogP contribution in [0.1, 0.15) is 40.0 Å². The number of hydrogen-bond donors (Lipinski definition) is 0. The highest BCUT2D eigenvalue weighted by molar-refractivity contribution is 7.91. The number of sulfone groups is 1. The van der Waals surface area contributed by atoms with Gasteiger partial charge in [0.25, 0.3) is 0 Å². The molecule has 1 heterocycles. The Morgan fingerprint density at radius 3 is 2.43 bits per heavy atom. The molecule has 2 aliphatic rings. The third-order valence-corrected chi connectivity index (χ3v) is 5.84. The van der Waals surface area contributed by atoms with E-state index in [-0.39, 0.29) is 12.3 Å². The maximum Gasteiger partial charge on any atom is 0.410 e. The third kappa shape index (κ3) is 3.67. The molecular weight excluding hydrogens is 297 g/mol. The van der Waals surface area contributed by atoms with Gasteiger partial charge < -0.3 is 9.64 Å². The van der Waals surface area contributed by atoms with Gasteiger partial charge in [-0.3, -0.25) is 0 Å². The summed E-state index contributed by atoms with van der Waals surface area (Å²) < 4.78 is 43.1. The fourth-order valence-corrected chi connectivity index (χ4v) is 4.46. The van der Waals surface area contributed by atoms with Gasteiger partial charge in [-0.05, 0) is 46.0 Å². The zero-order valence-corrected chi connectivity index (χ0v) is 13.8. The van der Waals surface area contributed by atoms with Crippen molar-refractivity contribution < 1.29 is 22.3 Å². The van der Waals surface area contributed by atoms with Crippen molar-refractivity contribution in [2.24, 2.45) is 5.92 Å². The molecule has 0 N–H and O–H groups in total. The Labute approximate surface area is 125 Å². The topological polar surface area (TPSA) is 63.7 Å². The molecule has 4 unspecified atom stereocenters. The molecule has 0 aromatic rings. The number of halogens is 1. The summed E-state index contributed by atoms with van der Waals surface area (Å²) >= 11 is 0. The van der Waals surface area contributed by atoms with Crippen LogP contribution in [-0.4, -0.2) is 55.3 Å². The van der Waals surface area contributed by atoms with E-state index in [1.807, 2.05) is 0 Å². The van der Waals surface area contributed by atoms with Crippen LogP contribution in [0.15, 0.2) is 0 Å². The smallest absolute Gasteiger partial charge is 0.410 e. The number of hydrogen-bond acceptors (Lipinski definition) is 4. The van der Waals surface area contributed by atoms with Gasteiger partial charge in [-0.15, -0.1) is 0 Å². The Hall–Kier alpha value is -0.850. The van der Waals surface area contributed by atoms with Crippen LogP contribution >= 0.6 is 0 Å². The van der Waals surface area contributed by atoms with Gasteiger partial charge in [-0.1, -0.05) is 0 Å². The molecule has 21 heavy (non-hydrogen) atoms. The van der Waals surface area contributed by atoms with E-state index in [0.717, 1.165) is 6.26 Å². The van der Waals surface area contributed by atoms with Crippen LogP contribution in [0.4, 0.5) is 9.18 Å². The maximum absolute atomic E-state index is 14.4. The number of carbonyl (C=O) groups is 1. The molecule has 7 heteroatoms. The molecule has 1 aliphatic heterocycles. The van der Waals surface area contributed by atoms with Crippen LogP contribution < -0.4 is 0 Å².